The highest BCUT2D eigenvalue weighted by Crippen LogP contribution is 2.31. The molecule has 0 aliphatic rings. The molecule has 0 fully saturated rings. The standard InChI is InChI=1S/C21H23F3N6O3/c1-13-8-9-16(33-13)19-26-28-30(27-19)12-18(32)29(11-17(31)25-20(2,3)4)15-7-5-6-14(10-15)21(22,23)24/h5-10H,11-12H2,1-4H3,(H,25,31). The SMILES string of the molecule is Cc1ccc(-c2nnn(CC(=O)N(CC(=O)NC(C)(C)C)c3cccc(C(F)(F)F)c3)n2)o1. The van der Waals surface area contributed by atoms with Crippen LogP contribution in [0, 0.1) is 6.92 Å². The van der Waals surface area contributed by atoms with E-state index in [0.717, 1.165) is 21.8 Å². The Balaban J connectivity index is 1.86. The van der Waals surface area contributed by atoms with Crippen molar-refractivity contribution in [2.45, 2.75) is 46.0 Å². The number of hydrogen-bond acceptors (Lipinski definition) is 6. The maximum atomic E-state index is 13.2. The molecule has 0 radical (unpaired) electrons. The van der Waals surface area contributed by atoms with Crippen LogP contribution in [0.2, 0.25) is 0 Å². The van der Waals surface area contributed by atoms with Gasteiger partial charge in [0, 0.05) is 11.2 Å². The van der Waals surface area contributed by atoms with Crippen LogP contribution in [0.25, 0.3) is 11.6 Å². The molecule has 0 atom stereocenters. The number of tetrazole rings is 1. The van der Waals surface area contributed by atoms with Crippen molar-refractivity contribution in [3.63, 3.8) is 0 Å². The van der Waals surface area contributed by atoms with Crippen molar-refractivity contribution in [1.82, 2.24) is 25.5 Å². The number of carbonyl (C=O) groups is 2. The van der Waals surface area contributed by atoms with Crippen molar-refractivity contribution >= 4 is 17.5 Å². The Morgan fingerprint density at radius 1 is 1.15 bits per heavy atom. The van der Waals surface area contributed by atoms with E-state index in [-0.39, 0.29) is 11.5 Å². The van der Waals surface area contributed by atoms with E-state index in [1.807, 2.05) is 0 Å². The number of hydrogen-bond donors (Lipinski definition) is 1. The van der Waals surface area contributed by atoms with E-state index in [1.54, 1.807) is 39.8 Å². The number of alkyl halides is 3. The van der Waals surface area contributed by atoms with Gasteiger partial charge in [0.25, 0.3) is 5.91 Å². The van der Waals surface area contributed by atoms with Crippen LogP contribution >= 0.6 is 0 Å². The van der Waals surface area contributed by atoms with Gasteiger partial charge < -0.3 is 14.6 Å². The molecule has 0 aliphatic carbocycles. The number of aromatic nitrogens is 4. The van der Waals surface area contributed by atoms with Crippen LogP contribution in [-0.2, 0) is 22.3 Å². The number of amides is 2. The van der Waals surface area contributed by atoms with Gasteiger partial charge in [-0.05, 0) is 63.2 Å². The molecule has 12 heteroatoms. The Bertz CT molecular complexity index is 1150. The molecule has 176 valence electrons. The van der Waals surface area contributed by atoms with Crippen LogP contribution in [0.5, 0.6) is 0 Å². The summed E-state index contributed by atoms with van der Waals surface area (Å²) in [5, 5.41) is 14.4. The highest BCUT2D eigenvalue weighted by molar-refractivity contribution is 5.98. The topological polar surface area (TPSA) is 106 Å². The van der Waals surface area contributed by atoms with Crippen molar-refractivity contribution in [2.24, 2.45) is 0 Å². The fourth-order valence-corrected chi connectivity index (χ4v) is 2.94. The molecule has 0 saturated carbocycles. The maximum Gasteiger partial charge on any atom is 0.416 e. The number of carbonyl (C=O) groups excluding carboxylic acids is 2. The van der Waals surface area contributed by atoms with E-state index in [0.29, 0.717) is 11.5 Å². The van der Waals surface area contributed by atoms with Crippen LogP contribution in [0.1, 0.15) is 32.1 Å². The molecule has 0 saturated heterocycles. The van der Waals surface area contributed by atoms with E-state index in [9.17, 15) is 22.8 Å². The lowest BCUT2D eigenvalue weighted by Crippen LogP contribution is -2.48. The number of aryl methyl sites for hydroxylation is 1. The number of benzene rings is 1. The molecule has 0 spiro atoms. The molecule has 0 bridgehead atoms. The molecule has 1 aromatic carbocycles. The third-order valence-electron chi connectivity index (χ3n) is 4.29. The van der Waals surface area contributed by atoms with Crippen molar-refractivity contribution in [3.8, 4) is 11.6 Å². The minimum Gasteiger partial charge on any atom is -0.458 e. The zero-order valence-corrected chi connectivity index (χ0v) is 18.5. The maximum absolute atomic E-state index is 13.2. The van der Waals surface area contributed by atoms with Crippen molar-refractivity contribution < 1.29 is 27.2 Å². The quantitative estimate of drug-likeness (QED) is 0.601. The Morgan fingerprint density at radius 2 is 1.88 bits per heavy atom. The molecule has 0 aliphatic heterocycles. The minimum absolute atomic E-state index is 0.0825. The second kappa shape index (κ2) is 9.04. The summed E-state index contributed by atoms with van der Waals surface area (Å²) in [5.41, 5.74) is -1.62. The summed E-state index contributed by atoms with van der Waals surface area (Å²) in [4.78, 5) is 27.5. The first-order chi connectivity index (χ1) is 15.3. The second-order valence-corrected chi connectivity index (χ2v) is 8.38. The van der Waals surface area contributed by atoms with Gasteiger partial charge in [0.2, 0.25) is 11.7 Å². The lowest BCUT2D eigenvalue weighted by atomic mass is 10.1. The average molecular weight is 464 g/mol. The first kappa shape index (κ1) is 24.0. The summed E-state index contributed by atoms with van der Waals surface area (Å²) in [7, 11) is 0. The lowest BCUT2D eigenvalue weighted by molar-refractivity contribution is -0.137. The van der Waals surface area contributed by atoms with Gasteiger partial charge in [0.1, 0.15) is 18.8 Å². The Kier molecular flexibility index (Phi) is 6.56. The Hall–Kier alpha value is -3.70. The van der Waals surface area contributed by atoms with Crippen molar-refractivity contribution in [2.75, 3.05) is 11.4 Å². The van der Waals surface area contributed by atoms with Crippen LogP contribution in [0.15, 0.2) is 40.8 Å². The number of rotatable bonds is 6. The predicted octanol–water partition coefficient (Wildman–Crippen LogP) is 3.21. The molecule has 2 amide bonds. The fourth-order valence-electron chi connectivity index (χ4n) is 2.94. The monoisotopic (exact) mass is 464 g/mol. The van der Waals surface area contributed by atoms with Gasteiger partial charge in [-0.25, -0.2) is 0 Å². The molecule has 3 aromatic rings. The summed E-state index contributed by atoms with van der Waals surface area (Å²) in [5.74, 6) is -0.0972. The van der Waals surface area contributed by atoms with Gasteiger partial charge >= 0.3 is 6.18 Å². The smallest absolute Gasteiger partial charge is 0.416 e. The van der Waals surface area contributed by atoms with E-state index >= 15 is 0 Å². The molecule has 3 rings (SSSR count). The molecule has 9 nitrogen and oxygen atoms in total. The molecule has 1 N–H and O–H groups in total. The summed E-state index contributed by atoms with van der Waals surface area (Å²) in [6, 6.07) is 7.55. The van der Waals surface area contributed by atoms with Crippen LogP contribution in [0.3, 0.4) is 0 Å². The Morgan fingerprint density at radius 3 is 2.48 bits per heavy atom. The first-order valence-electron chi connectivity index (χ1n) is 9.95. The summed E-state index contributed by atoms with van der Waals surface area (Å²) in [6.07, 6.45) is -4.61. The van der Waals surface area contributed by atoms with E-state index in [2.05, 4.69) is 20.7 Å². The zero-order chi connectivity index (χ0) is 24.4. The highest BCUT2D eigenvalue weighted by Gasteiger charge is 2.32. The first-order valence-corrected chi connectivity index (χ1v) is 9.95. The zero-order valence-electron chi connectivity index (χ0n) is 18.5. The average Bonchev–Trinajstić information content (AvgIpc) is 3.33. The van der Waals surface area contributed by atoms with E-state index in [4.69, 9.17) is 4.42 Å². The second-order valence-electron chi connectivity index (χ2n) is 8.38. The molecule has 2 heterocycles. The summed E-state index contributed by atoms with van der Waals surface area (Å²) < 4.78 is 45.0. The van der Waals surface area contributed by atoms with Gasteiger partial charge in [-0.2, -0.15) is 18.0 Å². The Labute approximate surface area is 187 Å². The molecule has 0 unspecified atom stereocenters. The number of halogens is 3. The van der Waals surface area contributed by atoms with Crippen LogP contribution in [-0.4, -0.2) is 44.1 Å². The summed E-state index contributed by atoms with van der Waals surface area (Å²) in [6.45, 7) is 6.05. The summed E-state index contributed by atoms with van der Waals surface area (Å²) >= 11 is 0. The van der Waals surface area contributed by atoms with Crippen molar-refractivity contribution in [1.29, 1.82) is 0 Å². The van der Waals surface area contributed by atoms with Gasteiger partial charge in [0.05, 0.1) is 5.56 Å². The fraction of sp³-hybridized carbons (Fsp3) is 0.381. The lowest BCUT2D eigenvalue weighted by Gasteiger charge is -2.26. The minimum atomic E-state index is -4.61. The van der Waals surface area contributed by atoms with Crippen LogP contribution < -0.4 is 10.2 Å². The van der Waals surface area contributed by atoms with Gasteiger partial charge in [-0.3, -0.25) is 9.59 Å². The van der Waals surface area contributed by atoms with Crippen molar-refractivity contribution in [3.05, 3.63) is 47.7 Å². The highest BCUT2D eigenvalue weighted by atomic mass is 19.4. The van der Waals surface area contributed by atoms with E-state index in [1.165, 1.54) is 12.1 Å². The number of anilines is 1. The molecular weight excluding hydrogens is 441 g/mol. The number of nitrogens with one attached hydrogen (secondary N) is 1. The van der Waals surface area contributed by atoms with Gasteiger partial charge in [-0.1, -0.05) is 6.07 Å². The predicted molar refractivity (Wildman–Crippen MR) is 112 cm³/mol. The molecular formula is C21H23F3N6O3. The number of furan rings is 1. The molecule has 33 heavy (non-hydrogen) atoms. The normalized spacial score (nSPS) is 12.0. The van der Waals surface area contributed by atoms with Gasteiger partial charge in [0.15, 0.2) is 5.76 Å². The van der Waals surface area contributed by atoms with E-state index < -0.39 is 42.2 Å². The third kappa shape index (κ3) is 6.40. The third-order valence-corrected chi connectivity index (χ3v) is 4.29. The molecule has 2 aromatic heterocycles. The van der Waals surface area contributed by atoms with Gasteiger partial charge in [-0.15, -0.1) is 10.2 Å². The largest absolute Gasteiger partial charge is 0.458 e. The number of nitrogens with zero attached hydrogens (tertiary/aromatic N) is 5. The van der Waals surface area contributed by atoms with Crippen LogP contribution in [0.4, 0.5) is 18.9 Å².